The zero-order valence-corrected chi connectivity index (χ0v) is 9.27. The molecule has 4 heteroatoms. The minimum Gasteiger partial charge on any atom is -0.397 e. The lowest BCUT2D eigenvalue weighted by atomic mass is 10.0. The summed E-state index contributed by atoms with van der Waals surface area (Å²) in [5.41, 5.74) is 7.10. The van der Waals surface area contributed by atoms with Gasteiger partial charge in [0.15, 0.2) is 0 Å². The number of carbonyl (C=O) groups is 1. The highest BCUT2D eigenvalue weighted by atomic mass is 19.1. The number of nitrogen functional groups attached to an aromatic ring is 1. The number of hydrogen-bond acceptors (Lipinski definition) is 3. The molecule has 1 aromatic heterocycles. The van der Waals surface area contributed by atoms with E-state index in [0.717, 1.165) is 0 Å². The van der Waals surface area contributed by atoms with Crippen molar-refractivity contribution in [1.82, 2.24) is 4.98 Å². The molecule has 0 atom stereocenters. The lowest BCUT2D eigenvalue weighted by Gasteiger charge is -2.06. The summed E-state index contributed by atoms with van der Waals surface area (Å²) < 4.78 is 13.1. The molecule has 0 aliphatic rings. The molecule has 2 aromatic rings. The predicted octanol–water partition coefficient (Wildman–Crippen LogP) is 2.34. The third-order valence-electron chi connectivity index (χ3n) is 2.50. The number of carbonyl (C=O) groups excluding carboxylic acids is 1. The molecule has 0 spiro atoms. The molecule has 0 aliphatic carbocycles. The third-order valence-corrected chi connectivity index (χ3v) is 2.50. The summed E-state index contributed by atoms with van der Waals surface area (Å²) in [7, 11) is 0. The number of rotatable bonds is 2. The number of aryl methyl sites for hydroxylation is 1. The van der Waals surface area contributed by atoms with Crippen LogP contribution in [0, 0.1) is 12.7 Å². The fraction of sp³-hybridized carbons (Fsp3) is 0.0769. The zero-order valence-electron chi connectivity index (χ0n) is 9.27. The van der Waals surface area contributed by atoms with Crippen LogP contribution in [0.25, 0.3) is 0 Å². The Balaban J connectivity index is 2.51. The van der Waals surface area contributed by atoms with Crippen LogP contribution < -0.4 is 5.73 Å². The van der Waals surface area contributed by atoms with E-state index < -0.39 is 5.82 Å². The van der Waals surface area contributed by atoms with Crippen molar-refractivity contribution in [1.29, 1.82) is 0 Å². The highest BCUT2D eigenvalue weighted by Crippen LogP contribution is 2.17. The molecule has 0 bridgehead atoms. The second-order valence-corrected chi connectivity index (χ2v) is 3.73. The first kappa shape index (κ1) is 11.3. The van der Waals surface area contributed by atoms with Gasteiger partial charge >= 0.3 is 0 Å². The highest BCUT2D eigenvalue weighted by molar-refractivity contribution is 6.11. The quantitative estimate of drug-likeness (QED) is 0.805. The minimum absolute atomic E-state index is 0.154. The number of anilines is 1. The Labute approximate surface area is 98.1 Å². The second-order valence-electron chi connectivity index (χ2n) is 3.73. The van der Waals surface area contributed by atoms with Gasteiger partial charge in [-0.05, 0) is 36.8 Å². The molecule has 86 valence electrons. The number of halogens is 1. The van der Waals surface area contributed by atoms with Crippen molar-refractivity contribution in [3.05, 3.63) is 59.2 Å². The summed E-state index contributed by atoms with van der Waals surface area (Å²) in [5, 5.41) is 0. The molecule has 0 unspecified atom stereocenters. The Morgan fingerprint density at radius 2 is 2.12 bits per heavy atom. The molecular weight excluding hydrogens is 219 g/mol. The van der Waals surface area contributed by atoms with Crippen LogP contribution in [0.15, 0.2) is 36.5 Å². The fourth-order valence-electron chi connectivity index (χ4n) is 1.57. The Hall–Kier alpha value is -2.23. The van der Waals surface area contributed by atoms with Gasteiger partial charge in [0.05, 0.1) is 5.69 Å². The van der Waals surface area contributed by atoms with Crippen LogP contribution in [0.2, 0.25) is 0 Å². The molecule has 0 radical (unpaired) electrons. The average molecular weight is 230 g/mol. The Morgan fingerprint density at radius 1 is 1.35 bits per heavy atom. The zero-order chi connectivity index (χ0) is 12.4. The van der Waals surface area contributed by atoms with Crippen molar-refractivity contribution in [3.63, 3.8) is 0 Å². The maximum absolute atomic E-state index is 13.1. The van der Waals surface area contributed by atoms with Crippen molar-refractivity contribution in [2.45, 2.75) is 6.92 Å². The summed E-state index contributed by atoms with van der Waals surface area (Å²) in [6, 6.07) is 7.31. The number of ketones is 1. The fourth-order valence-corrected chi connectivity index (χ4v) is 1.57. The van der Waals surface area contributed by atoms with Crippen molar-refractivity contribution >= 4 is 11.5 Å². The Kier molecular flexibility index (Phi) is 2.87. The third kappa shape index (κ3) is 2.15. The van der Waals surface area contributed by atoms with E-state index in [9.17, 15) is 9.18 Å². The van der Waals surface area contributed by atoms with Crippen molar-refractivity contribution in [2.75, 3.05) is 5.73 Å². The first-order valence-corrected chi connectivity index (χ1v) is 5.11. The minimum atomic E-state index is -0.451. The van der Waals surface area contributed by atoms with Gasteiger partial charge in [-0.2, -0.15) is 0 Å². The van der Waals surface area contributed by atoms with E-state index in [2.05, 4.69) is 4.98 Å². The van der Waals surface area contributed by atoms with Crippen molar-refractivity contribution in [3.8, 4) is 0 Å². The number of benzene rings is 1. The van der Waals surface area contributed by atoms with Crippen molar-refractivity contribution < 1.29 is 9.18 Å². The Morgan fingerprint density at radius 3 is 2.82 bits per heavy atom. The topological polar surface area (TPSA) is 56.0 Å². The van der Waals surface area contributed by atoms with Crippen LogP contribution in [-0.2, 0) is 0 Å². The molecular formula is C13H11FN2O. The smallest absolute Gasteiger partial charge is 0.213 e. The van der Waals surface area contributed by atoms with Crippen LogP contribution >= 0.6 is 0 Å². The number of hydrogen-bond donors (Lipinski definition) is 1. The van der Waals surface area contributed by atoms with E-state index in [1.165, 1.54) is 18.3 Å². The summed E-state index contributed by atoms with van der Waals surface area (Å²) in [4.78, 5) is 16.1. The summed E-state index contributed by atoms with van der Waals surface area (Å²) in [6.07, 6.45) is 1.48. The van der Waals surface area contributed by atoms with Gasteiger partial charge in [0, 0.05) is 11.8 Å². The molecule has 2 rings (SSSR count). The van der Waals surface area contributed by atoms with E-state index in [1.54, 1.807) is 25.1 Å². The summed E-state index contributed by atoms with van der Waals surface area (Å²) in [5.74, 6) is -0.812. The van der Waals surface area contributed by atoms with Gasteiger partial charge in [-0.15, -0.1) is 0 Å². The monoisotopic (exact) mass is 230 g/mol. The highest BCUT2D eigenvalue weighted by Gasteiger charge is 2.16. The first-order chi connectivity index (χ1) is 8.09. The van der Waals surface area contributed by atoms with E-state index in [1.807, 2.05) is 0 Å². The van der Waals surface area contributed by atoms with E-state index in [-0.39, 0.29) is 17.0 Å². The summed E-state index contributed by atoms with van der Waals surface area (Å²) >= 11 is 0. The Bertz CT molecular complexity index is 581. The lowest BCUT2D eigenvalue weighted by molar-refractivity contribution is 0.103. The van der Waals surface area contributed by atoms with Gasteiger partial charge < -0.3 is 5.73 Å². The standard InChI is InChI=1S/C13H11FN2O/c1-8-4-5-9(14)7-10(8)13(17)12-11(15)3-2-6-16-12/h2-7H,15H2,1H3. The molecule has 2 N–H and O–H groups in total. The lowest BCUT2D eigenvalue weighted by Crippen LogP contribution is -2.09. The number of pyridine rings is 1. The molecule has 0 saturated heterocycles. The number of aromatic nitrogens is 1. The summed E-state index contributed by atoms with van der Waals surface area (Å²) in [6.45, 7) is 1.74. The van der Waals surface area contributed by atoms with Gasteiger partial charge in [0.25, 0.3) is 0 Å². The number of nitrogens with zero attached hydrogens (tertiary/aromatic N) is 1. The molecule has 17 heavy (non-hydrogen) atoms. The van der Waals surface area contributed by atoms with E-state index in [0.29, 0.717) is 11.3 Å². The van der Waals surface area contributed by atoms with Crippen LogP contribution in [-0.4, -0.2) is 10.8 Å². The van der Waals surface area contributed by atoms with Gasteiger partial charge in [0.2, 0.25) is 5.78 Å². The normalized spacial score (nSPS) is 10.2. The molecule has 0 aliphatic heterocycles. The van der Waals surface area contributed by atoms with E-state index in [4.69, 9.17) is 5.73 Å². The van der Waals surface area contributed by atoms with Crippen LogP contribution in [0.1, 0.15) is 21.6 Å². The largest absolute Gasteiger partial charge is 0.397 e. The molecule has 0 fully saturated rings. The molecule has 0 saturated carbocycles. The van der Waals surface area contributed by atoms with Gasteiger partial charge in [-0.25, -0.2) is 4.39 Å². The van der Waals surface area contributed by atoms with Crippen LogP contribution in [0.3, 0.4) is 0 Å². The molecule has 0 amide bonds. The van der Waals surface area contributed by atoms with Crippen molar-refractivity contribution in [2.24, 2.45) is 0 Å². The maximum atomic E-state index is 13.1. The average Bonchev–Trinajstić information content (AvgIpc) is 2.32. The second kappa shape index (κ2) is 4.33. The van der Waals surface area contributed by atoms with Gasteiger partial charge in [-0.1, -0.05) is 6.07 Å². The van der Waals surface area contributed by atoms with Crippen LogP contribution in [0.5, 0.6) is 0 Å². The van der Waals surface area contributed by atoms with Crippen LogP contribution in [0.4, 0.5) is 10.1 Å². The molecule has 1 heterocycles. The SMILES string of the molecule is Cc1ccc(F)cc1C(=O)c1ncccc1N. The molecule has 3 nitrogen and oxygen atoms in total. The predicted molar refractivity (Wildman–Crippen MR) is 63.2 cm³/mol. The van der Waals surface area contributed by atoms with Gasteiger partial charge in [0.1, 0.15) is 11.5 Å². The number of nitrogens with two attached hydrogens (primary N) is 1. The first-order valence-electron chi connectivity index (χ1n) is 5.11. The van der Waals surface area contributed by atoms with E-state index >= 15 is 0 Å². The molecule has 1 aromatic carbocycles. The van der Waals surface area contributed by atoms with Gasteiger partial charge in [-0.3, -0.25) is 9.78 Å². The maximum Gasteiger partial charge on any atom is 0.213 e.